The van der Waals surface area contributed by atoms with E-state index in [-0.39, 0.29) is 5.91 Å². The van der Waals surface area contributed by atoms with Crippen molar-refractivity contribution in [2.24, 2.45) is 5.16 Å². The van der Waals surface area contributed by atoms with Crippen LogP contribution in [-0.4, -0.2) is 31.9 Å². The highest BCUT2D eigenvalue weighted by atomic mass is 16.6. The van der Waals surface area contributed by atoms with Gasteiger partial charge in [0.1, 0.15) is 11.5 Å². The third-order valence-corrected chi connectivity index (χ3v) is 3.72. The lowest BCUT2D eigenvalue weighted by Gasteiger charge is -2.10. The molecular weight excluding hydrogens is 308 g/mol. The van der Waals surface area contributed by atoms with Crippen molar-refractivity contribution in [1.82, 2.24) is 0 Å². The number of anilines is 1. The number of carbonyl (C=O) groups is 1. The minimum Gasteiger partial charge on any atom is -0.497 e. The first-order chi connectivity index (χ1) is 11.7. The maximum atomic E-state index is 12.3. The number of hydrogen-bond donors (Lipinski definition) is 1. The van der Waals surface area contributed by atoms with Crippen LogP contribution >= 0.6 is 0 Å². The van der Waals surface area contributed by atoms with Crippen molar-refractivity contribution in [1.29, 1.82) is 0 Å². The van der Waals surface area contributed by atoms with E-state index in [0.29, 0.717) is 12.1 Å². The molecular formula is C18H18N2O4. The van der Waals surface area contributed by atoms with Gasteiger partial charge >= 0.3 is 0 Å². The number of methoxy groups -OCH3 is 2. The number of rotatable bonds is 5. The van der Waals surface area contributed by atoms with Crippen LogP contribution < -0.4 is 14.8 Å². The Balaban J connectivity index is 1.62. The Kier molecular flexibility index (Phi) is 4.65. The number of nitrogens with zero attached hydrogens (tertiary/aromatic N) is 1. The molecule has 0 bridgehead atoms. The van der Waals surface area contributed by atoms with Gasteiger partial charge in [0.25, 0.3) is 5.91 Å². The fraction of sp³-hybridized carbons (Fsp3) is 0.222. The van der Waals surface area contributed by atoms with Gasteiger partial charge < -0.3 is 19.6 Å². The van der Waals surface area contributed by atoms with Gasteiger partial charge in [-0.3, -0.25) is 4.79 Å². The lowest BCUT2D eigenvalue weighted by atomic mass is 10.0. The van der Waals surface area contributed by atoms with Crippen molar-refractivity contribution in [2.45, 2.75) is 12.5 Å². The highest BCUT2D eigenvalue weighted by Crippen LogP contribution is 2.22. The van der Waals surface area contributed by atoms with Crippen LogP contribution in [0.3, 0.4) is 0 Å². The third kappa shape index (κ3) is 3.48. The van der Waals surface area contributed by atoms with E-state index in [2.05, 4.69) is 10.5 Å². The van der Waals surface area contributed by atoms with E-state index in [1.807, 2.05) is 24.3 Å². The summed E-state index contributed by atoms with van der Waals surface area (Å²) in [6.07, 6.45) is -0.233. The SMILES string of the molecule is COc1ccc(NC(=O)C2CC(c3cccc(OC)c3)=NO2)cc1. The molecule has 1 aliphatic rings. The zero-order valence-corrected chi connectivity index (χ0v) is 13.5. The molecule has 0 saturated heterocycles. The monoisotopic (exact) mass is 326 g/mol. The van der Waals surface area contributed by atoms with Crippen molar-refractivity contribution in [2.75, 3.05) is 19.5 Å². The van der Waals surface area contributed by atoms with Crippen LogP contribution in [0, 0.1) is 0 Å². The Labute approximate surface area is 140 Å². The second-order valence-electron chi connectivity index (χ2n) is 5.29. The van der Waals surface area contributed by atoms with E-state index in [1.54, 1.807) is 38.5 Å². The number of amides is 1. The van der Waals surface area contributed by atoms with Crippen LogP contribution in [0.5, 0.6) is 11.5 Å². The Hall–Kier alpha value is -3.02. The summed E-state index contributed by atoms with van der Waals surface area (Å²) >= 11 is 0. The molecule has 6 heteroatoms. The molecule has 2 aromatic rings. The molecule has 0 aliphatic carbocycles. The minimum atomic E-state index is -0.645. The second kappa shape index (κ2) is 7.04. The van der Waals surface area contributed by atoms with Crippen LogP contribution in [0.1, 0.15) is 12.0 Å². The standard InChI is InChI=1S/C18H18N2O4/c1-22-14-8-6-13(7-9-14)19-18(21)17-11-16(20-24-17)12-4-3-5-15(10-12)23-2/h3-10,17H,11H2,1-2H3,(H,19,21). The van der Waals surface area contributed by atoms with Crippen molar-refractivity contribution in [3.8, 4) is 11.5 Å². The molecule has 1 N–H and O–H groups in total. The molecule has 3 rings (SSSR count). The summed E-state index contributed by atoms with van der Waals surface area (Å²) in [7, 11) is 3.20. The fourth-order valence-electron chi connectivity index (χ4n) is 2.39. The first kappa shape index (κ1) is 15.9. The second-order valence-corrected chi connectivity index (χ2v) is 5.29. The molecule has 0 spiro atoms. The number of carbonyl (C=O) groups excluding carboxylic acids is 1. The molecule has 1 heterocycles. The van der Waals surface area contributed by atoms with E-state index in [0.717, 1.165) is 22.8 Å². The van der Waals surface area contributed by atoms with E-state index in [1.165, 1.54) is 0 Å². The van der Waals surface area contributed by atoms with E-state index < -0.39 is 6.10 Å². The molecule has 0 radical (unpaired) electrons. The van der Waals surface area contributed by atoms with Crippen molar-refractivity contribution in [3.63, 3.8) is 0 Å². The molecule has 124 valence electrons. The highest BCUT2D eigenvalue weighted by Gasteiger charge is 2.29. The van der Waals surface area contributed by atoms with Gasteiger partial charge in [0, 0.05) is 17.7 Å². The summed E-state index contributed by atoms with van der Waals surface area (Å²) in [5, 5.41) is 6.85. The quantitative estimate of drug-likeness (QED) is 0.917. The summed E-state index contributed by atoms with van der Waals surface area (Å²) in [6, 6.07) is 14.6. The first-order valence-corrected chi connectivity index (χ1v) is 7.51. The predicted molar refractivity (Wildman–Crippen MR) is 90.6 cm³/mol. The molecule has 24 heavy (non-hydrogen) atoms. The van der Waals surface area contributed by atoms with Gasteiger partial charge in [0.2, 0.25) is 6.10 Å². The van der Waals surface area contributed by atoms with Gasteiger partial charge in [0.05, 0.1) is 19.9 Å². The van der Waals surface area contributed by atoms with Gasteiger partial charge in [-0.05, 0) is 36.4 Å². The Morgan fingerprint density at radius 2 is 1.88 bits per heavy atom. The molecule has 0 saturated carbocycles. The molecule has 6 nitrogen and oxygen atoms in total. The average molecular weight is 326 g/mol. The third-order valence-electron chi connectivity index (χ3n) is 3.72. The van der Waals surface area contributed by atoms with Crippen LogP contribution in [0.25, 0.3) is 0 Å². The maximum absolute atomic E-state index is 12.3. The lowest BCUT2D eigenvalue weighted by Crippen LogP contribution is -2.28. The minimum absolute atomic E-state index is 0.234. The maximum Gasteiger partial charge on any atom is 0.268 e. The largest absolute Gasteiger partial charge is 0.497 e. The average Bonchev–Trinajstić information content (AvgIpc) is 3.13. The fourth-order valence-corrected chi connectivity index (χ4v) is 2.39. The number of benzene rings is 2. The molecule has 1 unspecified atom stereocenters. The predicted octanol–water partition coefficient (Wildman–Crippen LogP) is 2.84. The summed E-state index contributed by atoms with van der Waals surface area (Å²) in [6.45, 7) is 0. The zero-order chi connectivity index (χ0) is 16.9. The number of oxime groups is 1. The first-order valence-electron chi connectivity index (χ1n) is 7.51. The van der Waals surface area contributed by atoms with Crippen LogP contribution in [0.4, 0.5) is 5.69 Å². The molecule has 1 atom stereocenters. The summed E-state index contributed by atoms with van der Waals surface area (Å²) in [5.74, 6) is 1.23. The molecule has 0 fully saturated rings. The zero-order valence-electron chi connectivity index (χ0n) is 13.5. The Morgan fingerprint density at radius 3 is 2.58 bits per heavy atom. The van der Waals surface area contributed by atoms with Crippen LogP contribution in [0.15, 0.2) is 53.7 Å². The number of nitrogens with one attached hydrogen (secondary N) is 1. The summed E-state index contributed by atoms with van der Waals surface area (Å²) in [5.41, 5.74) is 2.29. The summed E-state index contributed by atoms with van der Waals surface area (Å²) in [4.78, 5) is 17.6. The van der Waals surface area contributed by atoms with Crippen molar-refractivity contribution < 1.29 is 19.1 Å². The topological polar surface area (TPSA) is 69.2 Å². The molecule has 2 aromatic carbocycles. The van der Waals surface area contributed by atoms with E-state index in [4.69, 9.17) is 14.3 Å². The van der Waals surface area contributed by atoms with Gasteiger partial charge in [-0.2, -0.15) is 0 Å². The lowest BCUT2D eigenvalue weighted by molar-refractivity contribution is -0.125. The van der Waals surface area contributed by atoms with Crippen molar-refractivity contribution >= 4 is 17.3 Å². The highest BCUT2D eigenvalue weighted by molar-refractivity contribution is 6.06. The van der Waals surface area contributed by atoms with E-state index in [9.17, 15) is 4.79 Å². The van der Waals surface area contributed by atoms with Crippen LogP contribution in [-0.2, 0) is 9.63 Å². The number of ether oxygens (including phenoxy) is 2. The molecule has 0 aromatic heterocycles. The number of hydrogen-bond acceptors (Lipinski definition) is 5. The smallest absolute Gasteiger partial charge is 0.268 e. The van der Waals surface area contributed by atoms with Gasteiger partial charge in [0.15, 0.2) is 0 Å². The Bertz CT molecular complexity index is 756. The normalized spacial score (nSPS) is 16.1. The van der Waals surface area contributed by atoms with Crippen LogP contribution in [0.2, 0.25) is 0 Å². The summed E-state index contributed by atoms with van der Waals surface area (Å²) < 4.78 is 10.3. The Morgan fingerprint density at radius 1 is 1.12 bits per heavy atom. The molecule has 1 amide bonds. The van der Waals surface area contributed by atoms with E-state index >= 15 is 0 Å². The van der Waals surface area contributed by atoms with Gasteiger partial charge in [-0.1, -0.05) is 17.3 Å². The van der Waals surface area contributed by atoms with Gasteiger partial charge in [-0.15, -0.1) is 0 Å². The molecule has 1 aliphatic heterocycles. The van der Waals surface area contributed by atoms with Crippen molar-refractivity contribution in [3.05, 3.63) is 54.1 Å². The van der Waals surface area contributed by atoms with Gasteiger partial charge in [-0.25, -0.2) is 0 Å².